The molecule has 2 heterocycles. The average Bonchev–Trinajstić information content (AvgIpc) is 2.79. The van der Waals surface area contributed by atoms with Gasteiger partial charge in [0.15, 0.2) is 0 Å². The second kappa shape index (κ2) is 6.00. The fourth-order valence-corrected chi connectivity index (χ4v) is 4.51. The normalized spacial score (nSPS) is 19.6. The quantitative estimate of drug-likeness (QED) is 0.659. The van der Waals surface area contributed by atoms with Crippen molar-refractivity contribution in [3.8, 4) is 0 Å². The average molecular weight is 328 g/mol. The Morgan fingerprint density at radius 2 is 2.30 bits per heavy atom. The second-order valence-electron chi connectivity index (χ2n) is 4.97. The molecule has 3 rings (SSSR count). The zero-order valence-electron chi connectivity index (χ0n) is 10.8. The van der Waals surface area contributed by atoms with Crippen LogP contribution >= 0.6 is 34.5 Å². The van der Waals surface area contributed by atoms with E-state index in [2.05, 4.69) is 16.5 Å². The number of nitrogens with zero attached hydrogens (tertiary/aromatic N) is 1. The summed E-state index contributed by atoms with van der Waals surface area (Å²) in [6, 6.07) is 5.97. The lowest BCUT2D eigenvalue weighted by Crippen LogP contribution is -2.34. The van der Waals surface area contributed by atoms with Gasteiger partial charge < -0.3 is 0 Å². The maximum absolute atomic E-state index is 6.28. The van der Waals surface area contributed by atoms with E-state index in [1.807, 2.05) is 18.3 Å². The Labute approximate surface area is 132 Å². The highest BCUT2D eigenvalue weighted by Crippen LogP contribution is 2.43. The topological polar surface area (TPSA) is 50.9 Å². The Morgan fingerprint density at radius 3 is 3.00 bits per heavy atom. The summed E-state index contributed by atoms with van der Waals surface area (Å²) in [5, 5.41) is 0. The van der Waals surface area contributed by atoms with Gasteiger partial charge in [-0.25, -0.2) is 0 Å². The maximum Gasteiger partial charge on any atom is 0.0992 e. The van der Waals surface area contributed by atoms with Crippen LogP contribution in [0, 0.1) is 0 Å². The van der Waals surface area contributed by atoms with Gasteiger partial charge in [0, 0.05) is 23.4 Å². The van der Waals surface area contributed by atoms with Crippen molar-refractivity contribution in [2.45, 2.75) is 31.2 Å². The first-order valence-electron chi connectivity index (χ1n) is 6.55. The van der Waals surface area contributed by atoms with E-state index in [1.165, 1.54) is 16.9 Å². The molecule has 1 aliphatic carbocycles. The molecule has 3 N–H and O–H groups in total. The van der Waals surface area contributed by atoms with Crippen LogP contribution in [0.1, 0.15) is 41.6 Å². The van der Waals surface area contributed by atoms with Crippen LogP contribution in [-0.4, -0.2) is 4.98 Å². The molecule has 0 fully saturated rings. The fourth-order valence-electron chi connectivity index (χ4n) is 2.96. The van der Waals surface area contributed by atoms with Gasteiger partial charge in [0.1, 0.15) is 0 Å². The van der Waals surface area contributed by atoms with Crippen molar-refractivity contribution >= 4 is 34.5 Å². The second-order valence-corrected chi connectivity index (χ2v) is 7.26. The van der Waals surface area contributed by atoms with Gasteiger partial charge in [-0.3, -0.25) is 16.3 Å². The summed E-state index contributed by atoms with van der Waals surface area (Å²) in [5.41, 5.74) is 6.30. The third-order valence-electron chi connectivity index (χ3n) is 3.84. The number of aryl methyl sites for hydroxylation is 1. The van der Waals surface area contributed by atoms with E-state index < -0.39 is 0 Å². The number of thiophene rings is 1. The molecule has 3 nitrogen and oxygen atoms in total. The summed E-state index contributed by atoms with van der Waals surface area (Å²) in [5.74, 6) is 6.03. The zero-order chi connectivity index (χ0) is 14.1. The van der Waals surface area contributed by atoms with E-state index in [1.54, 1.807) is 0 Å². The number of rotatable bonds is 3. The van der Waals surface area contributed by atoms with Gasteiger partial charge >= 0.3 is 0 Å². The van der Waals surface area contributed by atoms with Crippen LogP contribution in [0.4, 0.5) is 0 Å². The van der Waals surface area contributed by atoms with E-state index in [0.717, 1.165) is 30.5 Å². The number of nitrogens with one attached hydrogen (secondary N) is 1. The van der Waals surface area contributed by atoms with E-state index >= 15 is 0 Å². The predicted octanol–water partition coefficient (Wildman–Crippen LogP) is 4.07. The molecule has 2 aromatic heterocycles. The molecule has 6 heteroatoms. The van der Waals surface area contributed by atoms with Crippen LogP contribution in [0.3, 0.4) is 0 Å². The molecule has 2 atom stereocenters. The van der Waals surface area contributed by atoms with E-state index in [-0.39, 0.29) is 12.0 Å². The number of hydrogen-bond donors (Lipinski definition) is 2. The summed E-state index contributed by atoms with van der Waals surface area (Å²) in [6.45, 7) is 0. The first-order valence-corrected chi connectivity index (χ1v) is 8.12. The standard InChI is InChI=1S/C14H15Cl2N3S/c15-11-7-10(14(16)20-11)13(19-17)9-5-1-3-8-4-2-6-18-12(8)9/h2,4,6-7,9,13,19H,1,3,5,17H2. The number of nitrogens with two attached hydrogens (primary N) is 1. The van der Waals surface area contributed by atoms with Gasteiger partial charge in [-0.2, -0.15) is 0 Å². The lowest BCUT2D eigenvalue weighted by molar-refractivity contribution is 0.400. The van der Waals surface area contributed by atoms with Crippen LogP contribution < -0.4 is 11.3 Å². The first kappa shape index (κ1) is 14.3. The highest BCUT2D eigenvalue weighted by molar-refractivity contribution is 7.20. The Balaban J connectivity index is 2.01. The molecule has 1 aliphatic rings. The lowest BCUT2D eigenvalue weighted by Gasteiger charge is -2.30. The summed E-state index contributed by atoms with van der Waals surface area (Å²) in [7, 11) is 0. The van der Waals surface area contributed by atoms with Crippen molar-refractivity contribution in [3.63, 3.8) is 0 Å². The Hall–Kier alpha value is -0.650. The number of halogens is 2. The van der Waals surface area contributed by atoms with Gasteiger partial charge in [-0.1, -0.05) is 29.3 Å². The summed E-state index contributed by atoms with van der Waals surface area (Å²) in [4.78, 5) is 4.56. The summed E-state index contributed by atoms with van der Waals surface area (Å²) >= 11 is 13.7. The van der Waals surface area contributed by atoms with Crippen molar-refractivity contribution in [1.82, 2.24) is 10.4 Å². The summed E-state index contributed by atoms with van der Waals surface area (Å²) in [6.07, 6.45) is 5.10. The molecule has 0 aromatic carbocycles. The Kier molecular flexibility index (Phi) is 4.29. The minimum atomic E-state index is -0.0554. The molecule has 0 saturated carbocycles. The molecule has 0 aliphatic heterocycles. The van der Waals surface area contributed by atoms with Crippen LogP contribution in [-0.2, 0) is 6.42 Å². The van der Waals surface area contributed by atoms with E-state index in [0.29, 0.717) is 8.67 Å². The number of pyridine rings is 1. The third kappa shape index (κ3) is 2.59. The number of aromatic nitrogens is 1. The molecular formula is C14H15Cl2N3S. The van der Waals surface area contributed by atoms with Crippen LogP contribution in [0.15, 0.2) is 24.4 Å². The maximum atomic E-state index is 6.28. The molecule has 20 heavy (non-hydrogen) atoms. The molecule has 106 valence electrons. The highest BCUT2D eigenvalue weighted by Gasteiger charge is 2.31. The van der Waals surface area contributed by atoms with Gasteiger partial charge in [-0.05, 0) is 37.0 Å². The molecule has 0 radical (unpaired) electrons. The van der Waals surface area contributed by atoms with E-state index in [4.69, 9.17) is 29.0 Å². The summed E-state index contributed by atoms with van der Waals surface area (Å²) < 4.78 is 1.38. The van der Waals surface area contributed by atoms with Gasteiger partial charge in [0.05, 0.1) is 14.7 Å². The molecule has 0 spiro atoms. The van der Waals surface area contributed by atoms with Crippen LogP contribution in [0.5, 0.6) is 0 Å². The predicted molar refractivity (Wildman–Crippen MR) is 84.3 cm³/mol. The molecule has 0 bridgehead atoms. The largest absolute Gasteiger partial charge is 0.271 e. The third-order valence-corrected chi connectivity index (χ3v) is 5.36. The first-order chi connectivity index (χ1) is 9.70. The lowest BCUT2D eigenvalue weighted by atomic mass is 9.80. The molecule has 2 unspecified atom stereocenters. The fraction of sp³-hybridized carbons (Fsp3) is 0.357. The SMILES string of the molecule is NNC(c1cc(Cl)sc1Cl)C1CCCc2cccnc21. The van der Waals surface area contributed by atoms with Gasteiger partial charge in [-0.15, -0.1) is 11.3 Å². The highest BCUT2D eigenvalue weighted by atomic mass is 35.5. The van der Waals surface area contributed by atoms with Gasteiger partial charge in [0.25, 0.3) is 0 Å². The number of fused-ring (bicyclic) bond motifs is 1. The Morgan fingerprint density at radius 1 is 1.45 bits per heavy atom. The zero-order valence-corrected chi connectivity index (χ0v) is 13.1. The molecule has 0 amide bonds. The Bertz CT molecular complexity index is 614. The van der Waals surface area contributed by atoms with Crippen molar-refractivity contribution in [2.75, 3.05) is 0 Å². The molecule has 2 aromatic rings. The van der Waals surface area contributed by atoms with Crippen molar-refractivity contribution in [1.29, 1.82) is 0 Å². The van der Waals surface area contributed by atoms with Crippen LogP contribution in [0.25, 0.3) is 0 Å². The minimum Gasteiger partial charge on any atom is -0.271 e. The number of hydrogen-bond acceptors (Lipinski definition) is 4. The monoisotopic (exact) mass is 327 g/mol. The molecular weight excluding hydrogens is 313 g/mol. The molecule has 0 saturated heterocycles. The smallest absolute Gasteiger partial charge is 0.0992 e. The van der Waals surface area contributed by atoms with Gasteiger partial charge in [0.2, 0.25) is 0 Å². The minimum absolute atomic E-state index is 0.0554. The number of hydrazine groups is 1. The van der Waals surface area contributed by atoms with Crippen molar-refractivity contribution in [2.24, 2.45) is 5.84 Å². The van der Waals surface area contributed by atoms with E-state index in [9.17, 15) is 0 Å². The van der Waals surface area contributed by atoms with Crippen molar-refractivity contribution < 1.29 is 0 Å². The van der Waals surface area contributed by atoms with Crippen LogP contribution in [0.2, 0.25) is 8.67 Å². The van der Waals surface area contributed by atoms with Crippen molar-refractivity contribution in [3.05, 3.63) is 49.9 Å².